The van der Waals surface area contributed by atoms with Crippen molar-refractivity contribution >= 4 is 11.6 Å². The fourth-order valence-electron chi connectivity index (χ4n) is 3.52. The second kappa shape index (κ2) is 11.4. The van der Waals surface area contributed by atoms with Crippen molar-refractivity contribution in [3.63, 3.8) is 0 Å². The molecule has 1 aromatic carbocycles. The number of nitrogens with zero attached hydrogens (tertiary/aromatic N) is 1. The third-order valence-electron chi connectivity index (χ3n) is 4.84. The molecular formula is C22H36N2O4. The SMILES string of the molecule is CCO[C@@](C)(CC(C)C)C(=O)Nc1ccc(OCCCN2CCOCC2)cc1. The lowest BCUT2D eigenvalue weighted by Crippen LogP contribution is -2.43. The number of benzene rings is 1. The zero-order chi connectivity index (χ0) is 20.4. The molecule has 1 aliphatic heterocycles. The molecule has 1 heterocycles. The van der Waals surface area contributed by atoms with Crippen LogP contribution in [-0.4, -0.2) is 62.5 Å². The van der Waals surface area contributed by atoms with E-state index < -0.39 is 5.60 Å². The monoisotopic (exact) mass is 392 g/mol. The molecule has 0 radical (unpaired) electrons. The van der Waals surface area contributed by atoms with Crippen LogP contribution in [-0.2, 0) is 14.3 Å². The molecule has 0 spiro atoms. The van der Waals surface area contributed by atoms with E-state index in [0.717, 1.165) is 50.7 Å². The molecule has 1 aromatic rings. The molecule has 6 nitrogen and oxygen atoms in total. The molecule has 0 unspecified atom stereocenters. The molecule has 1 saturated heterocycles. The van der Waals surface area contributed by atoms with E-state index in [0.29, 0.717) is 25.6 Å². The quantitative estimate of drug-likeness (QED) is 0.584. The predicted molar refractivity (Wildman–Crippen MR) is 112 cm³/mol. The normalized spacial score (nSPS) is 17.3. The largest absolute Gasteiger partial charge is 0.494 e. The van der Waals surface area contributed by atoms with Crippen molar-refractivity contribution in [3.8, 4) is 5.75 Å². The summed E-state index contributed by atoms with van der Waals surface area (Å²) < 4.78 is 16.9. The Morgan fingerprint density at radius 1 is 1.25 bits per heavy atom. The fourth-order valence-corrected chi connectivity index (χ4v) is 3.52. The first kappa shape index (κ1) is 22.7. The van der Waals surface area contributed by atoms with E-state index in [9.17, 15) is 4.79 Å². The topological polar surface area (TPSA) is 60.0 Å². The Morgan fingerprint density at radius 2 is 1.93 bits per heavy atom. The smallest absolute Gasteiger partial charge is 0.256 e. The van der Waals surface area contributed by atoms with E-state index in [1.807, 2.05) is 38.1 Å². The maximum Gasteiger partial charge on any atom is 0.256 e. The molecule has 1 aliphatic rings. The molecule has 158 valence electrons. The van der Waals surface area contributed by atoms with Gasteiger partial charge in [-0.05, 0) is 56.9 Å². The number of hydrogen-bond acceptors (Lipinski definition) is 5. The van der Waals surface area contributed by atoms with Crippen LogP contribution < -0.4 is 10.1 Å². The zero-order valence-electron chi connectivity index (χ0n) is 17.8. The van der Waals surface area contributed by atoms with Gasteiger partial charge in [-0.15, -0.1) is 0 Å². The van der Waals surface area contributed by atoms with Crippen LogP contribution in [0.4, 0.5) is 5.69 Å². The van der Waals surface area contributed by atoms with Gasteiger partial charge in [-0.2, -0.15) is 0 Å². The first-order valence-corrected chi connectivity index (χ1v) is 10.4. The van der Waals surface area contributed by atoms with E-state index >= 15 is 0 Å². The summed E-state index contributed by atoms with van der Waals surface area (Å²) in [6.45, 7) is 13.8. The van der Waals surface area contributed by atoms with Crippen LogP contribution in [0.5, 0.6) is 5.75 Å². The highest BCUT2D eigenvalue weighted by Gasteiger charge is 2.34. The Kier molecular flexibility index (Phi) is 9.22. The third kappa shape index (κ3) is 7.41. The summed E-state index contributed by atoms with van der Waals surface area (Å²) >= 11 is 0. The van der Waals surface area contributed by atoms with Crippen LogP contribution in [0, 0.1) is 5.92 Å². The summed E-state index contributed by atoms with van der Waals surface area (Å²) in [6.07, 6.45) is 1.66. The summed E-state index contributed by atoms with van der Waals surface area (Å²) in [5.41, 5.74) is -0.0715. The van der Waals surface area contributed by atoms with Crippen molar-refractivity contribution in [2.45, 2.75) is 46.1 Å². The predicted octanol–water partition coefficient (Wildman–Crippen LogP) is 3.57. The van der Waals surface area contributed by atoms with Gasteiger partial charge in [0.05, 0.1) is 19.8 Å². The molecular weight excluding hydrogens is 356 g/mol. The number of morpholine rings is 1. The van der Waals surface area contributed by atoms with E-state index in [1.54, 1.807) is 0 Å². The zero-order valence-corrected chi connectivity index (χ0v) is 17.8. The Morgan fingerprint density at radius 3 is 2.54 bits per heavy atom. The maximum absolute atomic E-state index is 12.7. The van der Waals surface area contributed by atoms with Crippen molar-refractivity contribution in [2.24, 2.45) is 5.92 Å². The molecule has 0 saturated carbocycles. The minimum atomic E-state index is -0.822. The standard InChI is InChI=1S/C22H36N2O4/c1-5-28-22(4,17-18(2)3)21(25)23-19-7-9-20(10-8-19)27-14-6-11-24-12-15-26-16-13-24/h7-10,18H,5-6,11-17H2,1-4H3,(H,23,25)/t22-/m0/s1. The van der Waals surface area contributed by atoms with Crippen LogP contribution in [0.3, 0.4) is 0 Å². The summed E-state index contributed by atoms with van der Waals surface area (Å²) in [5, 5.41) is 2.97. The Balaban J connectivity index is 1.78. The number of ether oxygens (including phenoxy) is 3. The summed E-state index contributed by atoms with van der Waals surface area (Å²) in [4.78, 5) is 15.1. The number of nitrogens with one attached hydrogen (secondary N) is 1. The van der Waals surface area contributed by atoms with Gasteiger partial charge in [0.2, 0.25) is 0 Å². The van der Waals surface area contributed by atoms with Crippen LogP contribution in [0.15, 0.2) is 24.3 Å². The van der Waals surface area contributed by atoms with E-state index in [1.165, 1.54) is 0 Å². The minimum Gasteiger partial charge on any atom is -0.494 e. The molecule has 0 aliphatic carbocycles. The lowest BCUT2D eigenvalue weighted by Gasteiger charge is -2.29. The van der Waals surface area contributed by atoms with Crippen molar-refractivity contribution in [1.82, 2.24) is 4.90 Å². The van der Waals surface area contributed by atoms with Gasteiger partial charge in [-0.25, -0.2) is 0 Å². The molecule has 1 amide bonds. The van der Waals surface area contributed by atoms with Gasteiger partial charge in [-0.3, -0.25) is 9.69 Å². The summed E-state index contributed by atoms with van der Waals surface area (Å²) in [7, 11) is 0. The minimum absolute atomic E-state index is 0.109. The maximum atomic E-state index is 12.7. The molecule has 2 rings (SSSR count). The number of rotatable bonds is 11. The Bertz CT molecular complexity index is 585. The van der Waals surface area contributed by atoms with Crippen LogP contribution in [0.1, 0.15) is 40.5 Å². The lowest BCUT2D eigenvalue weighted by atomic mass is 9.93. The molecule has 1 atom stereocenters. The third-order valence-corrected chi connectivity index (χ3v) is 4.84. The number of hydrogen-bond donors (Lipinski definition) is 1. The average molecular weight is 393 g/mol. The first-order chi connectivity index (χ1) is 13.4. The number of amides is 1. The van der Waals surface area contributed by atoms with Gasteiger partial charge in [0.15, 0.2) is 0 Å². The Labute approximate surface area is 169 Å². The number of carbonyl (C=O) groups excluding carboxylic acids is 1. The molecule has 28 heavy (non-hydrogen) atoms. The average Bonchev–Trinajstić information content (AvgIpc) is 2.67. The highest BCUT2D eigenvalue weighted by Crippen LogP contribution is 2.24. The Hall–Kier alpha value is -1.63. The van der Waals surface area contributed by atoms with Crippen LogP contribution >= 0.6 is 0 Å². The fraction of sp³-hybridized carbons (Fsp3) is 0.682. The van der Waals surface area contributed by atoms with Crippen molar-refractivity contribution in [1.29, 1.82) is 0 Å². The van der Waals surface area contributed by atoms with Gasteiger partial charge in [0.25, 0.3) is 5.91 Å². The van der Waals surface area contributed by atoms with Crippen LogP contribution in [0.2, 0.25) is 0 Å². The highest BCUT2D eigenvalue weighted by molar-refractivity contribution is 5.97. The number of anilines is 1. The number of carbonyl (C=O) groups is 1. The van der Waals surface area contributed by atoms with Crippen molar-refractivity contribution in [2.75, 3.05) is 51.4 Å². The van der Waals surface area contributed by atoms with Gasteiger partial charge in [0, 0.05) is 31.9 Å². The van der Waals surface area contributed by atoms with Crippen molar-refractivity contribution < 1.29 is 19.0 Å². The highest BCUT2D eigenvalue weighted by atomic mass is 16.5. The van der Waals surface area contributed by atoms with Gasteiger partial charge in [-0.1, -0.05) is 13.8 Å². The molecule has 0 aromatic heterocycles. The van der Waals surface area contributed by atoms with E-state index in [2.05, 4.69) is 24.1 Å². The van der Waals surface area contributed by atoms with Crippen LogP contribution in [0.25, 0.3) is 0 Å². The van der Waals surface area contributed by atoms with Crippen molar-refractivity contribution in [3.05, 3.63) is 24.3 Å². The first-order valence-electron chi connectivity index (χ1n) is 10.4. The van der Waals surface area contributed by atoms with Gasteiger partial charge in [0.1, 0.15) is 11.4 Å². The molecule has 6 heteroatoms. The second-order valence-corrected chi connectivity index (χ2v) is 7.90. The molecule has 0 bridgehead atoms. The summed E-state index contributed by atoms with van der Waals surface area (Å²) in [6, 6.07) is 7.53. The second-order valence-electron chi connectivity index (χ2n) is 7.90. The summed E-state index contributed by atoms with van der Waals surface area (Å²) in [5.74, 6) is 1.08. The van der Waals surface area contributed by atoms with Gasteiger partial charge >= 0.3 is 0 Å². The lowest BCUT2D eigenvalue weighted by molar-refractivity contribution is -0.140. The van der Waals surface area contributed by atoms with E-state index in [4.69, 9.17) is 14.2 Å². The molecule has 1 N–H and O–H groups in total. The molecule has 1 fully saturated rings. The van der Waals surface area contributed by atoms with E-state index in [-0.39, 0.29) is 5.91 Å². The van der Waals surface area contributed by atoms with Gasteiger partial charge < -0.3 is 19.5 Å².